The maximum atomic E-state index is 12.8. The number of ether oxygens (including phenoxy) is 1. The molecule has 1 N–H and O–H groups in total. The molecule has 0 spiro atoms. The van der Waals surface area contributed by atoms with Crippen LogP contribution in [0.5, 0.6) is 0 Å². The van der Waals surface area contributed by atoms with Gasteiger partial charge < -0.3 is 14.5 Å². The zero-order chi connectivity index (χ0) is 16.1. The van der Waals surface area contributed by atoms with Crippen LogP contribution in [0.15, 0.2) is 41.0 Å². The molecule has 6 heteroatoms. The van der Waals surface area contributed by atoms with E-state index < -0.39 is 18.0 Å². The van der Waals surface area contributed by atoms with Gasteiger partial charge in [-0.25, -0.2) is 9.18 Å². The Balaban J connectivity index is 1.85. The Labute approximate surface area is 127 Å². The van der Waals surface area contributed by atoms with Gasteiger partial charge in [0, 0.05) is 6.54 Å². The highest BCUT2D eigenvalue weighted by Crippen LogP contribution is 2.11. The summed E-state index contributed by atoms with van der Waals surface area (Å²) in [5.74, 6) is -0.953. The molecule has 2 aromatic rings. The number of hydrogen-bond acceptors (Lipinski definition) is 4. The van der Waals surface area contributed by atoms with Gasteiger partial charge in [0.2, 0.25) is 0 Å². The van der Waals surface area contributed by atoms with Gasteiger partial charge in [-0.3, -0.25) is 4.79 Å². The van der Waals surface area contributed by atoms with Gasteiger partial charge in [0.05, 0.1) is 6.26 Å². The minimum Gasteiger partial charge on any atom is -0.469 e. The lowest BCUT2D eigenvalue weighted by Gasteiger charge is -2.13. The molecule has 0 unspecified atom stereocenters. The monoisotopic (exact) mass is 305 g/mol. The lowest BCUT2D eigenvalue weighted by Crippen LogP contribution is -2.35. The molecule has 0 bridgehead atoms. The van der Waals surface area contributed by atoms with Crippen molar-refractivity contribution in [1.82, 2.24) is 5.32 Å². The van der Waals surface area contributed by atoms with Gasteiger partial charge >= 0.3 is 5.97 Å². The van der Waals surface area contributed by atoms with Crippen LogP contribution in [0.1, 0.15) is 28.6 Å². The number of carbonyl (C=O) groups excluding carboxylic acids is 2. The van der Waals surface area contributed by atoms with Crippen molar-refractivity contribution in [2.24, 2.45) is 0 Å². The van der Waals surface area contributed by atoms with E-state index in [4.69, 9.17) is 9.15 Å². The van der Waals surface area contributed by atoms with Gasteiger partial charge in [0.15, 0.2) is 6.10 Å². The van der Waals surface area contributed by atoms with Crippen LogP contribution >= 0.6 is 0 Å². The number of halogens is 1. The average Bonchev–Trinajstić information content (AvgIpc) is 2.92. The standard InChI is InChI=1S/C16H16FNO4/c1-10-14(7-8-21-10)16(20)22-11(2)15(19)18-9-12-3-5-13(17)6-4-12/h3-8,11H,9H2,1-2H3,(H,18,19)/t11-/m1/s1. The Kier molecular flexibility index (Phi) is 4.93. The van der Waals surface area contributed by atoms with Gasteiger partial charge in [-0.15, -0.1) is 0 Å². The molecule has 1 aromatic heterocycles. The van der Waals surface area contributed by atoms with Crippen molar-refractivity contribution in [3.63, 3.8) is 0 Å². The SMILES string of the molecule is Cc1occc1C(=O)O[C@H](C)C(=O)NCc1ccc(F)cc1. The van der Waals surface area contributed by atoms with Gasteiger partial charge in [-0.2, -0.15) is 0 Å². The van der Waals surface area contributed by atoms with E-state index in [2.05, 4.69) is 5.32 Å². The molecule has 2 rings (SSSR count). The molecule has 0 fully saturated rings. The summed E-state index contributed by atoms with van der Waals surface area (Å²) in [4.78, 5) is 23.7. The molecule has 5 nitrogen and oxygen atoms in total. The number of carbonyl (C=O) groups is 2. The molecule has 0 aliphatic carbocycles. The van der Waals surface area contributed by atoms with Crippen LogP contribution in [0.2, 0.25) is 0 Å². The maximum Gasteiger partial charge on any atom is 0.342 e. The molecule has 1 atom stereocenters. The van der Waals surface area contributed by atoms with E-state index in [1.165, 1.54) is 31.4 Å². The smallest absolute Gasteiger partial charge is 0.342 e. The molecule has 116 valence electrons. The molecular weight excluding hydrogens is 289 g/mol. The fourth-order valence-electron chi connectivity index (χ4n) is 1.81. The third-order valence-corrected chi connectivity index (χ3v) is 3.11. The third kappa shape index (κ3) is 3.94. The predicted octanol–water partition coefficient (Wildman–Crippen LogP) is 2.59. The van der Waals surface area contributed by atoms with E-state index in [9.17, 15) is 14.0 Å². The summed E-state index contributed by atoms with van der Waals surface area (Å²) in [7, 11) is 0. The lowest BCUT2D eigenvalue weighted by molar-refractivity contribution is -0.129. The van der Waals surface area contributed by atoms with Crippen LogP contribution < -0.4 is 5.32 Å². The van der Waals surface area contributed by atoms with Crippen molar-refractivity contribution in [3.05, 3.63) is 59.3 Å². The Morgan fingerprint density at radius 2 is 1.95 bits per heavy atom. The fraction of sp³-hybridized carbons (Fsp3) is 0.250. The van der Waals surface area contributed by atoms with Crippen LogP contribution in [0.3, 0.4) is 0 Å². The molecule has 0 aliphatic rings. The van der Waals surface area contributed by atoms with E-state index in [1.54, 1.807) is 19.1 Å². The van der Waals surface area contributed by atoms with Crippen molar-refractivity contribution in [1.29, 1.82) is 0 Å². The number of rotatable bonds is 5. The van der Waals surface area contributed by atoms with Gasteiger partial charge in [0.25, 0.3) is 5.91 Å². The van der Waals surface area contributed by atoms with Crippen LogP contribution in [0, 0.1) is 12.7 Å². The number of aryl methyl sites for hydroxylation is 1. The van der Waals surface area contributed by atoms with Crippen LogP contribution in [0.4, 0.5) is 4.39 Å². The van der Waals surface area contributed by atoms with Gasteiger partial charge in [-0.05, 0) is 37.6 Å². The Hall–Kier alpha value is -2.63. The number of furan rings is 1. The third-order valence-electron chi connectivity index (χ3n) is 3.11. The highest BCUT2D eigenvalue weighted by Gasteiger charge is 2.20. The van der Waals surface area contributed by atoms with Crippen molar-refractivity contribution < 1.29 is 23.1 Å². The number of amides is 1. The molecule has 0 saturated carbocycles. The van der Waals surface area contributed by atoms with Crippen molar-refractivity contribution >= 4 is 11.9 Å². The normalized spacial score (nSPS) is 11.8. The van der Waals surface area contributed by atoms with Crippen LogP contribution in [-0.2, 0) is 16.1 Å². The van der Waals surface area contributed by atoms with Crippen molar-refractivity contribution in [3.8, 4) is 0 Å². The molecule has 1 aromatic carbocycles. The number of esters is 1. The zero-order valence-electron chi connectivity index (χ0n) is 12.3. The Morgan fingerprint density at radius 3 is 2.55 bits per heavy atom. The molecule has 22 heavy (non-hydrogen) atoms. The predicted molar refractivity (Wildman–Crippen MR) is 76.6 cm³/mol. The first kappa shape index (κ1) is 15.8. The largest absolute Gasteiger partial charge is 0.469 e. The summed E-state index contributed by atoms with van der Waals surface area (Å²) in [6.07, 6.45) is 0.438. The summed E-state index contributed by atoms with van der Waals surface area (Å²) in [6.45, 7) is 3.34. The van der Waals surface area contributed by atoms with Crippen molar-refractivity contribution in [2.75, 3.05) is 0 Å². The second kappa shape index (κ2) is 6.89. The van der Waals surface area contributed by atoms with Gasteiger partial charge in [-0.1, -0.05) is 12.1 Å². The molecule has 0 radical (unpaired) electrons. The highest BCUT2D eigenvalue weighted by atomic mass is 19.1. The quantitative estimate of drug-likeness (QED) is 0.862. The van der Waals surface area contributed by atoms with E-state index in [0.29, 0.717) is 5.76 Å². The molecule has 0 aliphatic heterocycles. The van der Waals surface area contributed by atoms with Crippen molar-refractivity contribution in [2.45, 2.75) is 26.5 Å². The Morgan fingerprint density at radius 1 is 1.27 bits per heavy atom. The van der Waals surface area contributed by atoms with E-state index in [0.717, 1.165) is 5.56 Å². The molecule has 0 saturated heterocycles. The summed E-state index contributed by atoms with van der Waals surface area (Å²) in [6, 6.07) is 7.25. The number of nitrogens with one attached hydrogen (secondary N) is 1. The molecule has 1 amide bonds. The summed E-state index contributed by atoms with van der Waals surface area (Å²) >= 11 is 0. The summed E-state index contributed by atoms with van der Waals surface area (Å²) in [5, 5.41) is 2.62. The first-order valence-corrected chi connectivity index (χ1v) is 6.74. The average molecular weight is 305 g/mol. The minimum atomic E-state index is -0.942. The van der Waals surface area contributed by atoms with Crippen LogP contribution in [0.25, 0.3) is 0 Å². The second-order valence-corrected chi connectivity index (χ2v) is 4.78. The lowest BCUT2D eigenvalue weighted by atomic mass is 10.2. The first-order valence-electron chi connectivity index (χ1n) is 6.74. The second-order valence-electron chi connectivity index (χ2n) is 4.78. The number of hydrogen-bond donors (Lipinski definition) is 1. The summed E-state index contributed by atoms with van der Waals surface area (Å²) in [5.41, 5.74) is 1.04. The molecule has 1 heterocycles. The Bertz CT molecular complexity index is 663. The molecular formula is C16H16FNO4. The van der Waals surface area contributed by atoms with E-state index >= 15 is 0 Å². The highest BCUT2D eigenvalue weighted by molar-refractivity contribution is 5.92. The van der Waals surface area contributed by atoms with E-state index in [1.807, 2.05) is 0 Å². The number of benzene rings is 1. The van der Waals surface area contributed by atoms with E-state index in [-0.39, 0.29) is 17.9 Å². The first-order chi connectivity index (χ1) is 10.5. The zero-order valence-corrected chi connectivity index (χ0v) is 12.3. The van der Waals surface area contributed by atoms with Crippen LogP contribution in [-0.4, -0.2) is 18.0 Å². The fourth-order valence-corrected chi connectivity index (χ4v) is 1.81. The van der Waals surface area contributed by atoms with Gasteiger partial charge in [0.1, 0.15) is 17.1 Å². The summed E-state index contributed by atoms with van der Waals surface area (Å²) < 4.78 is 22.9. The minimum absolute atomic E-state index is 0.228. The maximum absolute atomic E-state index is 12.8. The topological polar surface area (TPSA) is 68.5 Å².